The van der Waals surface area contributed by atoms with Gasteiger partial charge in [0.25, 0.3) is 0 Å². The molecule has 230 valence electrons. The normalized spacial score (nSPS) is 11.7. The van der Waals surface area contributed by atoms with Gasteiger partial charge in [-0.2, -0.15) is 0 Å². The quantitative estimate of drug-likeness (QED) is 0.177. The van der Waals surface area contributed by atoms with E-state index in [1.54, 1.807) is 0 Å². The zero-order valence-corrected chi connectivity index (χ0v) is 26.6. The number of nitrogens with zero attached hydrogens (tertiary/aromatic N) is 2. The molecule has 2 heterocycles. The van der Waals surface area contributed by atoms with Crippen molar-refractivity contribution < 1.29 is 4.42 Å². The largest absolute Gasteiger partial charge is 0.453 e. The molecular weight excluding hydrogens is 597 g/mol. The van der Waals surface area contributed by atoms with Crippen molar-refractivity contribution in [3.05, 3.63) is 182 Å². The third-order valence-corrected chi connectivity index (χ3v) is 9.75. The first-order valence-electron chi connectivity index (χ1n) is 16.7. The fourth-order valence-corrected chi connectivity index (χ4v) is 7.65. The Hall–Kier alpha value is -6.58. The Labute approximate surface area is 283 Å². The SMILES string of the molecule is c1ccc(N(c2ccccc2-c2cccc3c2oc2c4ccccc4n(-c4ccccc4)c32)c2cc3ccccc3c3ccccc23)cc1. The average molecular weight is 627 g/mol. The van der Waals surface area contributed by atoms with Crippen LogP contribution in [0.2, 0.25) is 0 Å². The van der Waals surface area contributed by atoms with Crippen LogP contribution in [0, 0.1) is 0 Å². The number of furan rings is 1. The minimum Gasteiger partial charge on any atom is -0.453 e. The lowest BCUT2D eigenvalue weighted by atomic mass is 9.97. The van der Waals surface area contributed by atoms with E-state index in [0.717, 1.165) is 66.8 Å². The van der Waals surface area contributed by atoms with Crippen LogP contribution in [0.1, 0.15) is 0 Å². The lowest BCUT2D eigenvalue weighted by molar-refractivity contribution is 0.674. The molecule has 8 aromatic carbocycles. The van der Waals surface area contributed by atoms with E-state index >= 15 is 0 Å². The third-order valence-electron chi connectivity index (χ3n) is 9.75. The molecule has 10 rings (SSSR count). The Morgan fingerprint density at radius 3 is 1.86 bits per heavy atom. The Bertz CT molecular complexity index is 2830. The summed E-state index contributed by atoms with van der Waals surface area (Å²) in [6.45, 7) is 0. The predicted octanol–water partition coefficient (Wildman–Crippen LogP) is 13.0. The molecule has 0 aliphatic heterocycles. The average Bonchev–Trinajstić information content (AvgIpc) is 3.71. The molecule has 0 N–H and O–H groups in total. The molecule has 0 unspecified atom stereocenters. The summed E-state index contributed by atoms with van der Waals surface area (Å²) >= 11 is 0. The Balaban J connectivity index is 1.27. The summed E-state index contributed by atoms with van der Waals surface area (Å²) in [6.07, 6.45) is 0. The van der Waals surface area contributed by atoms with Crippen molar-refractivity contribution in [2.24, 2.45) is 0 Å². The maximum Gasteiger partial charge on any atom is 0.161 e. The Morgan fingerprint density at radius 1 is 0.408 bits per heavy atom. The molecule has 0 aliphatic carbocycles. The van der Waals surface area contributed by atoms with Gasteiger partial charge in [-0.3, -0.25) is 0 Å². The molecule has 2 aromatic heterocycles. The van der Waals surface area contributed by atoms with Gasteiger partial charge < -0.3 is 13.9 Å². The predicted molar refractivity (Wildman–Crippen MR) is 206 cm³/mol. The van der Waals surface area contributed by atoms with Crippen LogP contribution in [-0.2, 0) is 0 Å². The van der Waals surface area contributed by atoms with E-state index in [0.29, 0.717) is 0 Å². The van der Waals surface area contributed by atoms with E-state index < -0.39 is 0 Å². The first-order valence-corrected chi connectivity index (χ1v) is 16.7. The van der Waals surface area contributed by atoms with Gasteiger partial charge in [0, 0.05) is 38.7 Å². The zero-order valence-electron chi connectivity index (χ0n) is 26.6. The standard InChI is InChI=1S/C46H30N2O/c1-3-17-32(18-4-1)47(43-30-31-16-7-8-21-34(31)35-22-9-10-23-36(35)43)41-28-13-11-24-37(41)38-26-15-27-40-44-46(49-45(38)40)39-25-12-14-29-42(39)48(44)33-19-5-2-6-20-33/h1-30H. The van der Waals surface area contributed by atoms with Crippen molar-refractivity contribution in [1.29, 1.82) is 0 Å². The van der Waals surface area contributed by atoms with Crippen molar-refractivity contribution in [3.63, 3.8) is 0 Å². The van der Waals surface area contributed by atoms with Crippen molar-refractivity contribution in [2.45, 2.75) is 0 Å². The van der Waals surface area contributed by atoms with E-state index in [4.69, 9.17) is 4.42 Å². The number of hydrogen-bond acceptors (Lipinski definition) is 2. The van der Waals surface area contributed by atoms with Crippen LogP contribution in [0.15, 0.2) is 186 Å². The molecule has 0 fully saturated rings. The van der Waals surface area contributed by atoms with Gasteiger partial charge >= 0.3 is 0 Å². The molecule has 0 spiro atoms. The van der Waals surface area contributed by atoms with E-state index in [-0.39, 0.29) is 0 Å². The smallest absolute Gasteiger partial charge is 0.161 e. The minimum atomic E-state index is 0.881. The van der Waals surface area contributed by atoms with Crippen molar-refractivity contribution in [2.75, 3.05) is 4.90 Å². The highest BCUT2D eigenvalue weighted by Crippen LogP contribution is 2.48. The van der Waals surface area contributed by atoms with Gasteiger partial charge in [0.1, 0.15) is 11.1 Å². The second kappa shape index (κ2) is 11.0. The van der Waals surface area contributed by atoms with Gasteiger partial charge in [0.15, 0.2) is 5.58 Å². The lowest BCUT2D eigenvalue weighted by Gasteiger charge is -2.29. The monoisotopic (exact) mass is 626 g/mol. The molecule has 0 amide bonds. The molecule has 0 atom stereocenters. The van der Waals surface area contributed by atoms with Crippen LogP contribution in [-0.4, -0.2) is 4.57 Å². The van der Waals surface area contributed by atoms with Gasteiger partial charge in [-0.25, -0.2) is 0 Å². The van der Waals surface area contributed by atoms with Gasteiger partial charge in [0.2, 0.25) is 0 Å². The number of para-hydroxylation sites is 5. The van der Waals surface area contributed by atoms with Crippen LogP contribution in [0.4, 0.5) is 17.1 Å². The highest BCUT2D eigenvalue weighted by atomic mass is 16.3. The molecule has 10 aromatic rings. The number of rotatable bonds is 5. The molecule has 3 heteroatoms. The van der Waals surface area contributed by atoms with Crippen LogP contribution >= 0.6 is 0 Å². The number of fused-ring (bicyclic) bond motifs is 8. The fraction of sp³-hybridized carbons (Fsp3) is 0. The maximum absolute atomic E-state index is 6.99. The lowest BCUT2D eigenvalue weighted by Crippen LogP contribution is -2.11. The van der Waals surface area contributed by atoms with E-state index in [2.05, 4.69) is 191 Å². The number of aromatic nitrogens is 1. The summed E-state index contributed by atoms with van der Waals surface area (Å²) in [4.78, 5) is 2.41. The molecule has 0 saturated heterocycles. The summed E-state index contributed by atoms with van der Waals surface area (Å²) in [5.41, 5.74) is 10.6. The fourth-order valence-electron chi connectivity index (χ4n) is 7.65. The van der Waals surface area contributed by atoms with E-state index in [1.165, 1.54) is 21.5 Å². The van der Waals surface area contributed by atoms with Crippen LogP contribution in [0.5, 0.6) is 0 Å². The highest BCUT2D eigenvalue weighted by molar-refractivity contribution is 6.19. The summed E-state index contributed by atoms with van der Waals surface area (Å²) in [5, 5.41) is 7.08. The van der Waals surface area contributed by atoms with E-state index in [1.807, 2.05) is 0 Å². The van der Waals surface area contributed by atoms with Crippen LogP contribution in [0.25, 0.3) is 71.3 Å². The van der Waals surface area contributed by atoms with Crippen LogP contribution < -0.4 is 4.90 Å². The second-order valence-corrected chi connectivity index (χ2v) is 12.5. The Morgan fingerprint density at radius 2 is 1.02 bits per heavy atom. The molecule has 0 aliphatic rings. The number of hydrogen-bond donors (Lipinski definition) is 0. The van der Waals surface area contributed by atoms with Gasteiger partial charge in [-0.1, -0.05) is 127 Å². The molecule has 49 heavy (non-hydrogen) atoms. The van der Waals surface area contributed by atoms with Gasteiger partial charge in [0.05, 0.1) is 16.9 Å². The zero-order chi connectivity index (χ0) is 32.3. The molecular formula is C46H30N2O. The minimum absolute atomic E-state index is 0.881. The summed E-state index contributed by atoms with van der Waals surface area (Å²) in [5.74, 6) is 0. The Kier molecular flexibility index (Phi) is 6.18. The van der Waals surface area contributed by atoms with E-state index in [9.17, 15) is 0 Å². The number of anilines is 3. The second-order valence-electron chi connectivity index (χ2n) is 12.5. The summed E-state index contributed by atoms with van der Waals surface area (Å²) in [6, 6.07) is 64.8. The molecule has 0 radical (unpaired) electrons. The van der Waals surface area contributed by atoms with Gasteiger partial charge in [-0.15, -0.1) is 0 Å². The number of benzene rings is 8. The van der Waals surface area contributed by atoms with Crippen molar-refractivity contribution in [1.82, 2.24) is 4.57 Å². The van der Waals surface area contributed by atoms with Crippen molar-refractivity contribution in [3.8, 4) is 16.8 Å². The topological polar surface area (TPSA) is 21.3 Å². The third kappa shape index (κ3) is 4.23. The highest BCUT2D eigenvalue weighted by Gasteiger charge is 2.24. The van der Waals surface area contributed by atoms with Crippen LogP contribution in [0.3, 0.4) is 0 Å². The van der Waals surface area contributed by atoms with Crippen molar-refractivity contribution >= 4 is 71.6 Å². The first kappa shape index (κ1) is 27.5. The maximum atomic E-state index is 6.99. The molecule has 0 bridgehead atoms. The molecule has 3 nitrogen and oxygen atoms in total. The first-order chi connectivity index (χ1) is 24.3. The van der Waals surface area contributed by atoms with Gasteiger partial charge in [-0.05, 0) is 70.8 Å². The summed E-state index contributed by atoms with van der Waals surface area (Å²) in [7, 11) is 0. The molecule has 0 saturated carbocycles. The summed E-state index contributed by atoms with van der Waals surface area (Å²) < 4.78 is 9.33.